The molecule has 0 aliphatic heterocycles. The lowest BCUT2D eigenvalue weighted by Gasteiger charge is -2.10. The fourth-order valence-electron chi connectivity index (χ4n) is 1.39. The van der Waals surface area contributed by atoms with E-state index in [1.54, 1.807) is 0 Å². The molecule has 0 radical (unpaired) electrons. The largest absolute Gasteiger partial charge is 0.496 e. The van der Waals surface area contributed by atoms with Crippen molar-refractivity contribution in [3.05, 3.63) is 34.9 Å². The van der Waals surface area contributed by atoms with Gasteiger partial charge in [0.2, 0.25) is 0 Å². The third-order valence-electron chi connectivity index (χ3n) is 2.26. The number of esters is 1. The van der Waals surface area contributed by atoms with Gasteiger partial charge in [-0.2, -0.15) is 0 Å². The number of ether oxygens (including phenoxy) is 2. The summed E-state index contributed by atoms with van der Waals surface area (Å²) < 4.78 is 9.61. The summed E-state index contributed by atoms with van der Waals surface area (Å²) in [7, 11) is 2.62. The van der Waals surface area contributed by atoms with E-state index in [0.717, 1.165) is 11.6 Å². The van der Waals surface area contributed by atoms with Gasteiger partial charge in [0.25, 0.3) is 0 Å². The molecule has 0 bridgehead atoms. The maximum absolute atomic E-state index is 11.7. The van der Waals surface area contributed by atoms with Crippen LogP contribution in [0.15, 0.2) is 23.7 Å². The van der Waals surface area contributed by atoms with Crippen LogP contribution in [0.5, 0.6) is 5.75 Å². The number of methoxy groups -OCH3 is 2. The highest BCUT2D eigenvalue weighted by molar-refractivity contribution is 6.28. The Morgan fingerprint density at radius 2 is 1.94 bits per heavy atom. The van der Waals surface area contributed by atoms with Crippen LogP contribution in [0, 0.1) is 0 Å². The average molecular weight is 270 g/mol. The number of anilines is 1. The summed E-state index contributed by atoms with van der Waals surface area (Å²) in [4.78, 5) is 23.2. The number of benzene rings is 1. The Morgan fingerprint density at radius 1 is 1.28 bits per heavy atom. The quantitative estimate of drug-likeness (QED) is 0.391. The van der Waals surface area contributed by atoms with Crippen LogP contribution in [0.4, 0.5) is 5.69 Å². The van der Waals surface area contributed by atoms with E-state index >= 15 is 0 Å². The first-order valence-electron chi connectivity index (χ1n) is 4.92. The molecule has 0 amide bonds. The fraction of sp³-hybridized carbons (Fsp3) is 0.167. The Balaban J connectivity index is 3.38. The molecule has 5 nitrogen and oxygen atoms in total. The van der Waals surface area contributed by atoms with Crippen molar-refractivity contribution in [3.63, 3.8) is 0 Å². The number of carbonyl (C=O) groups is 2. The molecule has 1 aromatic rings. The van der Waals surface area contributed by atoms with Crippen LogP contribution in [0.2, 0.25) is 0 Å². The van der Waals surface area contributed by atoms with Crippen molar-refractivity contribution in [2.75, 3.05) is 20.0 Å². The van der Waals surface area contributed by atoms with Crippen LogP contribution < -0.4 is 10.5 Å². The Hall–Kier alpha value is -2.01. The van der Waals surface area contributed by atoms with Gasteiger partial charge in [0.15, 0.2) is 5.78 Å². The number of ketones is 1. The smallest absolute Gasteiger partial charge is 0.341 e. The molecule has 2 N–H and O–H groups in total. The van der Waals surface area contributed by atoms with Gasteiger partial charge in [-0.05, 0) is 12.1 Å². The van der Waals surface area contributed by atoms with Crippen molar-refractivity contribution in [1.29, 1.82) is 0 Å². The van der Waals surface area contributed by atoms with E-state index in [-0.39, 0.29) is 22.6 Å². The number of hydrogen-bond donors (Lipinski definition) is 1. The first kappa shape index (κ1) is 14.1. The van der Waals surface area contributed by atoms with E-state index < -0.39 is 11.8 Å². The number of nitrogens with two attached hydrogens (primary N) is 1. The molecule has 0 saturated heterocycles. The lowest BCUT2D eigenvalue weighted by Crippen LogP contribution is -2.09. The molecule has 0 fully saturated rings. The van der Waals surface area contributed by atoms with Crippen molar-refractivity contribution < 1.29 is 19.1 Å². The van der Waals surface area contributed by atoms with Crippen LogP contribution in [0.3, 0.4) is 0 Å². The first-order valence-corrected chi connectivity index (χ1v) is 5.35. The van der Waals surface area contributed by atoms with Gasteiger partial charge in [0, 0.05) is 22.9 Å². The maximum atomic E-state index is 11.7. The molecule has 18 heavy (non-hydrogen) atoms. The highest BCUT2D eigenvalue weighted by Crippen LogP contribution is 2.26. The Labute approximate surface area is 109 Å². The molecule has 0 aromatic heterocycles. The van der Waals surface area contributed by atoms with E-state index in [4.69, 9.17) is 22.1 Å². The topological polar surface area (TPSA) is 78.6 Å². The summed E-state index contributed by atoms with van der Waals surface area (Å²) in [5.74, 6) is -0.781. The van der Waals surface area contributed by atoms with Gasteiger partial charge in [-0.1, -0.05) is 11.6 Å². The van der Waals surface area contributed by atoms with Gasteiger partial charge >= 0.3 is 5.97 Å². The number of hydrogen-bond acceptors (Lipinski definition) is 5. The van der Waals surface area contributed by atoms with Crippen LogP contribution in [0.25, 0.3) is 0 Å². The van der Waals surface area contributed by atoms with Gasteiger partial charge in [-0.3, -0.25) is 4.79 Å². The molecule has 6 heteroatoms. The summed E-state index contributed by atoms with van der Waals surface area (Å²) >= 11 is 5.33. The summed E-state index contributed by atoms with van der Waals surface area (Å²) in [6.07, 6.45) is 1.14. The Bertz CT molecular complexity index is 511. The van der Waals surface area contributed by atoms with Crippen molar-refractivity contribution in [2.24, 2.45) is 0 Å². The van der Waals surface area contributed by atoms with Crippen molar-refractivity contribution >= 4 is 29.0 Å². The predicted octanol–water partition coefficient (Wildman–Crippen LogP) is 2.00. The van der Waals surface area contributed by atoms with Crippen LogP contribution in [-0.2, 0) is 4.74 Å². The van der Waals surface area contributed by atoms with Crippen LogP contribution in [-0.4, -0.2) is 26.0 Å². The van der Waals surface area contributed by atoms with E-state index in [1.165, 1.54) is 26.4 Å². The molecule has 0 unspecified atom stereocenters. The van der Waals surface area contributed by atoms with Gasteiger partial charge in [0.1, 0.15) is 11.3 Å². The van der Waals surface area contributed by atoms with E-state index in [0.29, 0.717) is 0 Å². The summed E-state index contributed by atoms with van der Waals surface area (Å²) in [6, 6.07) is 2.71. The van der Waals surface area contributed by atoms with Crippen LogP contribution in [0.1, 0.15) is 20.7 Å². The second-order valence-corrected chi connectivity index (χ2v) is 3.54. The monoisotopic (exact) mass is 269 g/mol. The van der Waals surface area contributed by atoms with Gasteiger partial charge < -0.3 is 15.2 Å². The normalized spacial score (nSPS) is 10.4. The summed E-state index contributed by atoms with van der Waals surface area (Å²) in [5.41, 5.74) is 7.26. The van der Waals surface area contributed by atoms with Crippen molar-refractivity contribution in [1.82, 2.24) is 0 Å². The number of nitrogen functional groups attached to an aromatic ring is 1. The zero-order valence-corrected chi connectivity index (χ0v) is 10.7. The fourth-order valence-corrected chi connectivity index (χ4v) is 1.51. The van der Waals surface area contributed by atoms with Gasteiger partial charge in [0.05, 0.1) is 14.2 Å². The average Bonchev–Trinajstić information content (AvgIpc) is 2.37. The maximum Gasteiger partial charge on any atom is 0.341 e. The SMILES string of the molecule is COC(=O)c1cc(C(=O)C=CCl)c(N)cc1OC. The number of carbonyl (C=O) groups excluding carboxylic acids is 2. The third kappa shape index (κ3) is 2.81. The number of rotatable bonds is 4. The predicted molar refractivity (Wildman–Crippen MR) is 68.1 cm³/mol. The van der Waals surface area contributed by atoms with E-state index in [2.05, 4.69) is 4.74 Å². The minimum atomic E-state index is -0.615. The lowest BCUT2D eigenvalue weighted by molar-refractivity contribution is 0.0597. The molecule has 0 heterocycles. The molecule has 0 aliphatic carbocycles. The molecular formula is C12H12ClNO4. The molecule has 1 aromatic carbocycles. The van der Waals surface area contributed by atoms with Gasteiger partial charge in [-0.15, -0.1) is 0 Å². The third-order valence-corrected chi connectivity index (χ3v) is 2.38. The molecule has 0 aliphatic rings. The van der Waals surface area contributed by atoms with E-state index in [1.807, 2.05) is 0 Å². The van der Waals surface area contributed by atoms with Crippen molar-refractivity contribution in [2.45, 2.75) is 0 Å². The standard InChI is InChI=1S/C12H12ClNO4/c1-17-11-6-9(14)7(10(15)3-4-13)5-8(11)12(16)18-2/h3-6H,14H2,1-2H3. The second kappa shape index (κ2) is 6.07. The zero-order chi connectivity index (χ0) is 13.7. The zero-order valence-electron chi connectivity index (χ0n) is 9.90. The highest BCUT2D eigenvalue weighted by Gasteiger charge is 2.18. The van der Waals surface area contributed by atoms with Crippen molar-refractivity contribution in [3.8, 4) is 5.75 Å². The molecule has 0 saturated carbocycles. The second-order valence-electron chi connectivity index (χ2n) is 3.29. The minimum absolute atomic E-state index is 0.125. The van der Waals surface area contributed by atoms with Crippen LogP contribution >= 0.6 is 11.6 Å². The Kier molecular flexibility index (Phi) is 4.74. The van der Waals surface area contributed by atoms with E-state index in [9.17, 15) is 9.59 Å². The summed E-state index contributed by atoms with van der Waals surface area (Å²) in [5, 5.41) is 0. The first-order chi connectivity index (χ1) is 8.54. The lowest BCUT2D eigenvalue weighted by atomic mass is 10.0. The molecule has 0 atom stereocenters. The molecule has 0 spiro atoms. The van der Waals surface area contributed by atoms with Gasteiger partial charge in [-0.25, -0.2) is 4.79 Å². The molecule has 1 rings (SSSR count). The molecular weight excluding hydrogens is 258 g/mol. The number of allylic oxidation sites excluding steroid dienone is 1. The molecule has 96 valence electrons. The minimum Gasteiger partial charge on any atom is -0.496 e. The highest BCUT2D eigenvalue weighted by atomic mass is 35.5. The Morgan fingerprint density at radius 3 is 2.44 bits per heavy atom. The summed E-state index contributed by atoms with van der Waals surface area (Å²) in [6.45, 7) is 0. The number of halogens is 1.